The van der Waals surface area contributed by atoms with Crippen molar-refractivity contribution in [1.29, 1.82) is 0 Å². The second-order valence-corrected chi connectivity index (χ2v) is 5.83. The Labute approximate surface area is 94.5 Å². The summed E-state index contributed by atoms with van der Waals surface area (Å²) in [5.41, 5.74) is 0. The second-order valence-electron chi connectivity index (χ2n) is 4.08. The van der Waals surface area contributed by atoms with Gasteiger partial charge in [0.2, 0.25) is 0 Å². The van der Waals surface area contributed by atoms with E-state index in [1.165, 1.54) is 17.7 Å². The zero-order chi connectivity index (χ0) is 10.1. The molecule has 1 saturated carbocycles. The fourth-order valence-electron chi connectivity index (χ4n) is 2.50. The van der Waals surface area contributed by atoms with Crippen LogP contribution in [-0.2, 0) is 0 Å². The topological polar surface area (TPSA) is 12.0 Å². The quantitative estimate of drug-likeness (QED) is 0.819. The largest absolute Gasteiger partial charge is 0.317 e. The lowest BCUT2D eigenvalue weighted by Crippen LogP contribution is -2.28. The molecule has 1 heterocycles. The molecule has 0 aliphatic heterocycles. The van der Waals surface area contributed by atoms with Gasteiger partial charge in [-0.15, -0.1) is 11.3 Å². The first-order valence-electron chi connectivity index (χ1n) is 5.15. The number of hydrogen-bond donors (Lipinski definition) is 1. The van der Waals surface area contributed by atoms with E-state index in [2.05, 4.69) is 25.4 Å². The standard InChI is InChI=1S/C11H16ClNS/c1-7-8(3-4-9(7)13-2)10-5-6-11(12)14-10/h5-9,13H,3-4H2,1-2H3. The summed E-state index contributed by atoms with van der Waals surface area (Å²) in [6, 6.07) is 4.88. The summed E-state index contributed by atoms with van der Waals surface area (Å²) in [6.07, 6.45) is 2.58. The number of rotatable bonds is 2. The minimum absolute atomic E-state index is 0.681. The highest BCUT2D eigenvalue weighted by Crippen LogP contribution is 2.42. The van der Waals surface area contributed by atoms with Gasteiger partial charge in [0.25, 0.3) is 0 Å². The van der Waals surface area contributed by atoms with Crippen LogP contribution in [0.15, 0.2) is 12.1 Å². The van der Waals surface area contributed by atoms with Crippen LogP contribution in [0.3, 0.4) is 0 Å². The molecule has 0 aromatic carbocycles. The van der Waals surface area contributed by atoms with E-state index in [9.17, 15) is 0 Å². The fourth-order valence-corrected chi connectivity index (χ4v) is 3.81. The van der Waals surface area contributed by atoms with Crippen molar-refractivity contribution in [1.82, 2.24) is 5.32 Å². The summed E-state index contributed by atoms with van der Waals surface area (Å²) in [7, 11) is 2.06. The first-order valence-corrected chi connectivity index (χ1v) is 6.34. The third-order valence-electron chi connectivity index (χ3n) is 3.39. The zero-order valence-corrected chi connectivity index (χ0v) is 10.2. The maximum atomic E-state index is 5.96. The maximum Gasteiger partial charge on any atom is 0.0931 e. The summed E-state index contributed by atoms with van der Waals surface area (Å²) in [6.45, 7) is 2.34. The van der Waals surface area contributed by atoms with Crippen molar-refractivity contribution in [3.05, 3.63) is 21.3 Å². The molecule has 1 fully saturated rings. The minimum Gasteiger partial charge on any atom is -0.317 e. The van der Waals surface area contributed by atoms with E-state index < -0.39 is 0 Å². The molecule has 1 aromatic heterocycles. The number of halogens is 1. The predicted molar refractivity (Wildman–Crippen MR) is 63.3 cm³/mol. The molecule has 3 heteroatoms. The van der Waals surface area contributed by atoms with E-state index in [0.717, 1.165) is 10.3 Å². The van der Waals surface area contributed by atoms with Crippen LogP contribution in [0.5, 0.6) is 0 Å². The SMILES string of the molecule is CNC1CCC(c2ccc(Cl)s2)C1C. The van der Waals surface area contributed by atoms with E-state index in [0.29, 0.717) is 12.0 Å². The van der Waals surface area contributed by atoms with Crippen molar-refractivity contribution in [3.8, 4) is 0 Å². The molecule has 3 atom stereocenters. The molecule has 0 bridgehead atoms. The van der Waals surface area contributed by atoms with Crippen LogP contribution in [0.25, 0.3) is 0 Å². The molecule has 1 aliphatic carbocycles. The van der Waals surface area contributed by atoms with Crippen LogP contribution in [0, 0.1) is 5.92 Å². The Balaban J connectivity index is 2.13. The third kappa shape index (κ3) is 1.83. The van der Waals surface area contributed by atoms with Crippen LogP contribution in [0.1, 0.15) is 30.6 Å². The van der Waals surface area contributed by atoms with Gasteiger partial charge in [0, 0.05) is 10.9 Å². The minimum atomic E-state index is 0.681. The van der Waals surface area contributed by atoms with Crippen molar-refractivity contribution in [2.24, 2.45) is 5.92 Å². The average Bonchev–Trinajstić information content (AvgIpc) is 2.72. The van der Waals surface area contributed by atoms with Crippen LogP contribution in [0.4, 0.5) is 0 Å². The molecule has 78 valence electrons. The van der Waals surface area contributed by atoms with Gasteiger partial charge in [-0.1, -0.05) is 18.5 Å². The fraction of sp³-hybridized carbons (Fsp3) is 0.636. The Bertz CT molecular complexity index is 310. The number of hydrogen-bond acceptors (Lipinski definition) is 2. The average molecular weight is 230 g/mol. The molecule has 0 saturated heterocycles. The summed E-state index contributed by atoms with van der Waals surface area (Å²) in [4.78, 5) is 1.46. The van der Waals surface area contributed by atoms with Crippen LogP contribution in [0.2, 0.25) is 4.34 Å². The first-order chi connectivity index (χ1) is 6.72. The van der Waals surface area contributed by atoms with E-state index in [1.807, 2.05) is 6.07 Å². The molecule has 1 nitrogen and oxygen atoms in total. The lowest BCUT2D eigenvalue weighted by atomic mass is 9.94. The smallest absolute Gasteiger partial charge is 0.0931 e. The monoisotopic (exact) mass is 229 g/mol. The highest BCUT2D eigenvalue weighted by molar-refractivity contribution is 7.16. The highest BCUT2D eigenvalue weighted by Gasteiger charge is 2.33. The van der Waals surface area contributed by atoms with Crippen molar-refractivity contribution < 1.29 is 0 Å². The van der Waals surface area contributed by atoms with Crippen molar-refractivity contribution >= 4 is 22.9 Å². The predicted octanol–water partition coefficient (Wildman–Crippen LogP) is 3.50. The van der Waals surface area contributed by atoms with Gasteiger partial charge in [-0.3, -0.25) is 0 Å². The van der Waals surface area contributed by atoms with Crippen LogP contribution < -0.4 is 5.32 Å². The molecule has 0 amide bonds. The molecule has 1 aromatic rings. The maximum absolute atomic E-state index is 5.96. The molecule has 3 unspecified atom stereocenters. The van der Waals surface area contributed by atoms with Gasteiger partial charge in [0.1, 0.15) is 0 Å². The molecular formula is C11H16ClNS. The molecule has 0 radical (unpaired) electrons. The Hall–Kier alpha value is -0.0500. The zero-order valence-electron chi connectivity index (χ0n) is 8.59. The van der Waals surface area contributed by atoms with Crippen LogP contribution >= 0.6 is 22.9 Å². The first kappa shape index (κ1) is 10.5. The van der Waals surface area contributed by atoms with Gasteiger partial charge in [-0.2, -0.15) is 0 Å². The van der Waals surface area contributed by atoms with Gasteiger partial charge < -0.3 is 5.32 Å². The molecule has 1 aliphatic rings. The van der Waals surface area contributed by atoms with Gasteiger partial charge in [0.15, 0.2) is 0 Å². The van der Waals surface area contributed by atoms with E-state index >= 15 is 0 Å². The Kier molecular flexibility index (Phi) is 3.15. The second kappa shape index (κ2) is 4.21. The molecule has 2 rings (SSSR count). The lowest BCUT2D eigenvalue weighted by molar-refractivity contribution is 0.431. The third-order valence-corrected chi connectivity index (χ3v) is 4.75. The Morgan fingerprint density at radius 3 is 2.71 bits per heavy atom. The lowest BCUT2D eigenvalue weighted by Gasteiger charge is -2.19. The summed E-state index contributed by atoms with van der Waals surface area (Å²) in [5, 5.41) is 3.39. The van der Waals surface area contributed by atoms with E-state index in [-0.39, 0.29) is 0 Å². The van der Waals surface area contributed by atoms with E-state index in [4.69, 9.17) is 11.6 Å². The Morgan fingerprint density at radius 1 is 1.43 bits per heavy atom. The number of nitrogens with one attached hydrogen (secondary N) is 1. The van der Waals surface area contributed by atoms with Crippen LogP contribution in [-0.4, -0.2) is 13.1 Å². The van der Waals surface area contributed by atoms with Crippen molar-refractivity contribution in [2.75, 3.05) is 7.05 Å². The van der Waals surface area contributed by atoms with E-state index in [1.54, 1.807) is 11.3 Å². The molecule has 14 heavy (non-hydrogen) atoms. The molecule has 0 spiro atoms. The molecule has 1 N–H and O–H groups in total. The summed E-state index contributed by atoms with van der Waals surface area (Å²) < 4.78 is 0.917. The van der Waals surface area contributed by atoms with Gasteiger partial charge in [0.05, 0.1) is 4.34 Å². The van der Waals surface area contributed by atoms with Gasteiger partial charge in [-0.05, 0) is 43.9 Å². The van der Waals surface area contributed by atoms with Crippen molar-refractivity contribution in [3.63, 3.8) is 0 Å². The molecular weight excluding hydrogens is 214 g/mol. The van der Waals surface area contributed by atoms with Crippen molar-refractivity contribution in [2.45, 2.75) is 31.7 Å². The van der Waals surface area contributed by atoms with Gasteiger partial charge in [-0.25, -0.2) is 0 Å². The van der Waals surface area contributed by atoms with Gasteiger partial charge >= 0.3 is 0 Å². The normalized spacial score (nSPS) is 32.4. The highest BCUT2D eigenvalue weighted by atomic mass is 35.5. The Morgan fingerprint density at radius 2 is 2.21 bits per heavy atom. The number of thiophene rings is 1. The summed E-state index contributed by atoms with van der Waals surface area (Å²) >= 11 is 7.70. The summed E-state index contributed by atoms with van der Waals surface area (Å²) in [5.74, 6) is 1.44.